The van der Waals surface area contributed by atoms with Crippen LogP contribution in [0.4, 0.5) is 0 Å². The standard InChI is InChI=1S/C14H22O4/c1-13(2,3)14(4,17)9-7-6-8-11(15)10-12(16)18-5/h17H,6,8,10H2,1-5H3. The molecule has 0 spiro atoms. The van der Waals surface area contributed by atoms with Crippen LogP contribution < -0.4 is 0 Å². The quantitative estimate of drug-likeness (QED) is 0.471. The first kappa shape index (κ1) is 16.7. The highest BCUT2D eigenvalue weighted by Crippen LogP contribution is 2.28. The second kappa shape index (κ2) is 6.55. The number of esters is 1. The number of aliphatic hydroxyl groups is 1. The van der Waals surface area contributed by atoms with E-state index in [-0.39, 0.29) is 24.0 Å². The van der Waals surface area contributed by atoms with Crippen LogP contribution in [-0.4, -0.2) is 29.6 Å². The smallest absolute Gasteiger partial charge is 0.313 e. The van der Waals surface area contributed by atoms with Crippen LogP contribution in [0, 0.1) is 17.3 Å². The van der Waals surface area contributed by atoms with Gasteiger partial charge in [0, 0.05) is 18.3 Å². The van der Waals surface area contributed by atoms with Crippen molar-refractivity contribution >= 4 is 11.8 Å². The Balaban J connectivity index is 4.22. The Morgan fingerprint density at radius 3 is 2.22 bits per heavy atom. The van der Waals surface area contributed by atoms with E-state index in [9.17, 15) is 14.7 Å². The fourth-order valence-corrected chi connectivity index (χ4v) is 0.946. The molecule has 0 aliphatic rings. The molecule has 0 heterocycles. The molecule has 4 nitrogen and oxygen atoms in total. The Bertz CT molecular complexity index is 363. The van der Waals surface area contributed by atoms with Gasteiger partial charge in [-0.05, 0) is 6.92 Å². The predicted molar refractivity (Wildman–Crippen MR) is 68.7 cm³/mol. The van der Waals surface area contributed by atoms with Gasteiger partial charge in [0.1, 0.15) is 17.8 Å². The Labute approximate surface area is 109 Å². The van der Waals surface area contributed by atoms with Crippen LogP contribution in [0.25, 0.3) is 0 Å². The maximum atomic E-state index is 11.3. The van der Waals surface area contributed by atoms with Crippen molar-refractivity contribution in [3.63, 3.8) is 0 Å². The van der Waals surface area contributed by atoms with E-state index < -0.39 is 11.6 Å². The van der Waals surface area contributed by atoms with Crippen LogP contribution in [-0.2, 0) is 14.3 Å². The van der Waals surface area contributed by atoms with Gasteiger partial charge in [0.2, 0.25) is 0 Å². The van der Waals surface area contributed by atoms with Crippen molar-refractivity contribution in [2.75, 3.05) is 7.11 Å². The molecule has 18 heavy (non-hydrogen) atoms. The highest BCUT2D eigenvalue weighted by Gasteiger charge is 2.33. The van der Waals surface area contributed by atoms with Crippen LogP contribution in [0.15, 0.2) is 0 Å². The SMILES string of the molecule is COC(=O)CC(=O)CCC#CC(C)(O)C(C)(C)C. The van der Waals surface area contributed by atoms with Gasteiger partial charge in [0.25, 0.3) is 0 Å². The first-order chi connectivity index (χ1) is 8.10. The number of carbonyl (C=O) groups excluding carboxylic acids is 2. The maximum Gasteiger partial charge on any atom is 0.313 e. The van der Waals surface area contributed by atoms with Gasteiger partial charge in [0.15, 0.2) is 0 Å². The molecular formula is C14H22O4. The highest BCUT2D eigenvalue weighted by molar-refractivity contribution is 5.95. The molecule has 0 aliphatic carbocycles. The lowest BCUT2D eigenvalue weighted by atomic mass is 9.78. The van der Waals surface area contributed by atoms with Gasteiger partial charge in [-0.25, -0.2) is 0 Å². The molecule has 0 amide bonds. The minimum atomic E-state index is -1.10. The largest absolute Gasteiger partial charge is 0.469 e. The van der Waals surface area contributed by atoms with Crippen molar-refractivity contribution in [3.05, 3.63) is 0 Å². The Kier molecular flexibility index (Phi) is 6.07. The average Bonchev–Trinajstić information content (AvgIpc) is 2.22. The molecule has 1 atom stereocenters. The molecule has 0 rings (SSSR count). The Morgan fingerprint density at radius 1 is 1.22 bits per heavy atom. The molecule has 4 heteroatoms. The van der Waals surface area contributed by atoms with E-state index in [2.05, 4.69) is 16.6 Å². The average molecular weight is 254 g/mol. The number of methoxy groups -OCH3 is 1. The van der Waals surface area contributed by atoms with Crippen LogP contribution >= 0.6 is 0 Å². The fourth-order valence-electron chi connectivity index (χ4n) is 0.946. The van der Waals surface area contributed by atoms with Crippen LogP contribution in [0.2, 0.25) is 0 Å². The zero-order valence-electron chi connectivity index (χ0n) is 11.8. The zero-order valence-corrected chi connectivity index (χ0v) is 11.8. The Hall–Kier alpha value is -1.34. The molecule has 0 radical (unpaired) electrons. The summed E-state index contributed by atoms with van der Waals surface area (Å²) in [4.78, 5) is 22.1. The molecule has 0 aromatic rings. The van der Waals surface area contributed by atoms with Gasteiger partial charge in [-0.1, -0.05) is 32.6 Å². The molecule has 1 unspecified atom stereocenters. The van der Waals surface area contributed by atoms with E-state index in [0.29, 0.717) is 6.42 Å². The summed E-state index contributed by atoms with van der Waals surface area (Å²) < 4.78 is 4.39. The van der Waals surface area contributed by atoms with Gasteiger partial charge < -0.3 is 9.84 Å². The molecule has 0 bridgehead atoms. The number of carbonyl (C=O) groups is 2. The van der Waals surface area contributed by atoms with Gasteiger partial charge in [-0.2, -0.15) is 0 Å². The summed E-state index contributed by atoms with van der Waals surface area (Å²) in [5.74, 6) is 4.81. The molecule has 0 saturated carbocycles. The molecule has 0 saturated heterocycles. The minimum Gasteiger partial charge on any atom is -0.469 e. The molecule has 1 N–H and O–H groups in total. The summed E-state index contributed by atoms with van der Waals surface area (Å²) in [5, 5.41) is 10.1. The summed E-state index contributed by atoms with van der Waals surface area (Å²) >= 11 is 0. The van der Waals surface area contributed by atoms with Crippen molar-refractivity contribution in [2.24, 2.45) is 5.41 Å². The molecule has 0 aromatic carbocycles. The van der Waals surface area contributed by atoms with E-state index in [1.165, 1.54) is 7.11 Å². The van der Waals surface area contributed by atoms with E-state index in [4.69, 9.17) is 0 Å². The molecule has 102 valence electrons. The third-order valence-electron chi connectivity index (χ3n) is 2.89. The topological polar surface area (TPSA) is 63.6 Å². The number of rotatable bonds is 4. The first-order valence-electron chi connectivity index (χ1n) is 5.91. The summed E-state index contributed by atoms with van der Waals surface area (Å²) in [6.07, 6.45) is 0.318. The highest BCUT2D eigenvalue weighted by atomic mass is 16.5. The van der Waals surface area contributed by atoms with Crippen LogP contribution in [0.3, 0.4) is 0 Å². The zero-order chi connectivity index (χ0) is 14.4. The maximum absolute atomic E-state index is 11.3. The number of Topliss-reactive ketones (excluding diaryl/α,β-unsaturated/α-hetero) is 1. The lowest BCUT2D eigenvalue weighted by Crippen LogP contribution is -2.38. The van der Waals surface area contributed by atoms with Crippen molar-refractivity contribution in [1.82, 2.24) is 0 Å². The van der Waals surface area contributed by atoms with E-state index in [1.807, 2.05) is 20.8 Å². The normalized spacial score (nSPS) is 14.1. The number of hydrogen-bond donors (Lipinski definition) is 1. The third-order valence-corrected chi connectivity index (χ3v) is 2.89. The van der Waals surface area contributed by atoms with E-state index in [0.717, 1.165) is 0 Å². The van der Waals surface area contributed by atoms with Gasteiger partial charge in [-0.3, -0.25) is 9.59 Å². The number of hydrogen-bond acceptors (Lipinski definition) is 4. The van der Waals surface area contributed by atoms with Crippen molar-refractivity contribution in [2.45, 2.75) is 52.6 Å². The Morgan fingerprint density at radius 2 is 1.78 bits per heavy atom. The minimum absolute atomic E-state index is 0.197. The molecule has 0 fully saturated rings. The second-order valence-corrected chi connectivity index (χ2v) is 5.42. The lowest BCUT2D eigenvalue weighted by molar-refractivity contribution is -0.143. The predicted octanol–water partition coefficient (Wildman–Crippen LogP) is 1.70. The summed E-state index contributed by atoms with van der Waals surface area (Å²) in [6, 6.07) is 0. The second-order valence-electron chi connectivity index (χ2n) is 5.42. The van der Waals surface area contributed by atoms with Crippen molar-refractivity contribution in [1.29, 1.82) is 0 Å². The fraction of sp³-hybridized carbons (Fsp3) is 0.714. The first-order valence-corrected chi connectivity index (χ1v) is 5.91. The van der Waals surface area contributed by atoms with Crippen LogP contribution in [0.5, 0.6) is 0 Å². The number of ketones is 1. The van der Waals surface area contributed by atoms with Gasteiger partial charge in [0.05, 0.1) is 7.11 Å². The third kappa shape index (κ3) is 5.83. The summed E-state index contributed by atoms with van der Waals surface area (Å²) in [6.45, 7) is 7.33. The van der Waals surface area contributed by atoms with Crippen molar-refractivity contribution in [3.8, 4) is 11.8 Å². The molecule has 0 aliphatic heterocycles. The van der Waals surface area contributed by atoms with Crippen LogP contribution in [0.1, 0.15) is 47.0 Å². The van der Waals surface area contributed by atoms with E-state index >= 15 is 0 Å². The summed E-state index contributed by atoms with van der Waals surface area (Å²) in [7, 11) is 1.25. The monoisotopic (exact) mass is 254 g/mol. The number of ether oxygens (including phenoxy) is 1. The van der Waals surface area contributed by atoms with Crippen molar-refractivity contribution < 1.29 is 19.4 Å². The lowest BCUT2D eigenvalue weighted by Gasteiger charge is -2.32. The van der Waals surface area contributed by atoms with E-state index in [1.54, 1.807) is 6.92 Å². The molecular weight excluding hydrogens is 232 g/mol. The van der Waals surface area contributed by atoms with Gasteiger partial charge in [-0.15, -0.1) is 0 Å². The molecule has 0 aromatic heterocycles. The summed E-state index contributed by atoms with van der Waals surface area (Å²) in [5.41, 5.74) is -1.45. The van der Waals surface area contributed by atoms with Gasteiger partial charge >= 0.3 is 5.97 Å².